The van der Waals surface area contributed by atoms with E-state index in [2.05, 4.69) is 39.5 Å². The van der Waals surface area contributed by atoms with Gasteiger partial charge in [-0.05, 0) is 67.7 Å². The SMILES string of the molecule is C=C(C)C(=O)c1ccc(CCCCCCCCCCCC)c(CCCCCCCCCCCC)c1CCCCCCCCCCCC. The van der Waals surface area contributed by atoms with Gasteiger partial charge in [-0.2, -0.15) is 0 Å². The van der Waals surface area contributed by atoms with E-state index < -0.39 is 0 Å². The van der Waals surface area contributed by atoms with Gasteiger partial charge in [-0.25, -0.2) is 0 Å². The lowest BCUT2D eigenvalue weighted by atomic mass is 9.85. The van der Waals surface area contributed by atoms with E-state index in [1.807, 2.05) is 6.92 Å². The van der Waals surface area contributed by atoms with Crippen LogP contribution in [0.3, 0.4) is 0 Å². The number of unbranched alkanes of at least 4 members (excludes halogenated alkanes) is 27. The predicted octanol–water partition coefficient (Wildman–Crippen LogP) is 15.8. The van der Waals surface area contributed by atoms with Gasteiger partial charge in [0.15, 0.2) is 5.78 Å². The first-order valence-corrected chi connectivity index (χ1v) is 21.4. The molecule has 0 aliphatic rings. The number of aryl methyl sites for hydroxylation is 1. The fourth-order valence-electron chi connectivity index (χ4n) is 7.40. The number of ketones is 1. The largest absolute Gasteiger partial charge is 0.289 e. The van der Waals surface area contributed by atoms with Crippen LogP contribution in [0.5, 0.6) is 0 Å². The van der Waals surface area contributed by atoms with Crippen molar-refractivity contribution in [2.45, 2.75) is 240 Å². The Morgan fingerprint density at radius 2 is 0.723 bits per heavy atom. The summed E-state index contributed by atoms with van der Waals surface area (Å²) in [6.45, 7) is 12.9. The van der Waals surface area contributed by atoms with Crippen molar-refractivity contribution >= 4 is 5.78 Å². The van der Waals surface area contributed by atoms with E-state index in [9.17, 15) is 4.79 Å². The van der Waals surface area contributed by atoms with Crippen molar-refractivity contribution in [1.29, 1.82) is 0 Å². The van der Waals surface area contributed by atoms with Gasteiger partial charge >= 0.3 is 0 Å². The van der Waals surface area contributed by atoms with E-state index >= 15 is 0 Å². The molecule has 0 bridgehead atoms. The smallest absolute Gasteiger partial charge is 0.188 e. The van der Waals surface area contributed by atoms with Crippen LogP contribution in [0.15, 0.2) is 24.3 Å². The van der Waals surface area contributed by atoms with E-state index in [0.29, 0.717) is 5.57 Å². The maximum atomic E-state index is 13.4. The molecule has 0 spiro atoms. The van der Waals surface area contributed by atoms with Crippen molar-refractivity contribution in [2.75, 3.05) is 0 Å². The third-order valence-electron chi connectivity index (χ3n) is 10.5. The Balaban J connectivity index is 2.79. The Morgan fingerprint density at radius 3 is 1.06 bits per heavy atom. The van der Waals surface area contributed by atoms with Crippen LogP contribution in [0.2, 0.25) is 0 Å². The van der Waals surface area contributed by atoms with Gasteiger partial charge in [0, 0.05) is 5.56 Å². The van der Waals surface area contributed by atoms with Gasteiger partial charge in [-0.3, -0.25) is 4.79 Å². The minimum absolute atomic E-state index is 0.168. The zero-order chi connectivity index (χ0) is 34.2. The van der Waals surface area contributed by atoms with Gasteiger partial charge in [-0.15, -0.1) is 0 Å². The minimum Gasteiger partial charge on any atom is -0.289 e. The van der Waals surface area contributed by atoms with Crippen LogP contribution in [-0.2, 0) is 19.3 Å². The lowest BCUT2D eigenvalue weighted by Crippen LogP contribution is -2.11. The Bertz CT molecular complexity index is 879. The molecule has 0 unspecified atom stereocenters. The quantitative estimate of drug-likeness (QED) is 0.0406. The second kappa shape index (κ2) is 31.9. The summed E-state index contributed by atoms with van der Waals surface area (Å²) < 4.78 is 0. The molecule has 1 nitrogen and oxygen atoms in total. The molecule has 1 heteroatoms. The molecular formula is C46H82O. The molecule has 0 heterocycles. The van der Waals surface area contributed by atoms with Crippen molar-refractivity contribution in [3.8, 4) is 0 Å². The number of benzene rings is 1. The molecule has 0 amide bonds. The average Bonchev–Trinajstić information content (AvgIpc) is 3.07. The number of hydrogen-bond acceptors (Lipinski definition) is 1. The third-order valence-corrected chi connectivity index (χ3v) is 10.5. The van der Waals surface area contributed by atoms with Gasteiger partial charge < -0.3 is 0 Å². The van der Waals surface area contributed by atoms with Crippen molar-refractivity contribution in [3.05, 3.63) is 46.5 Å². The van der Waals surface area contributed by atoms with Gasteiger partial charge in [0.25, 0.3) is 0 Å². The Labute approximate surface area is 296 Å². The second-order valence-corrected chi connectivity index (χ2v) is 15.1. The first kappa shape index (κ1) is 43.7. The maximum Gasteiger partial charge on any atom is 0.188 e. The van der Waals surface area contributed by atoms with Crippen LogP contribution in [0.4, 0.5) is 0 Å². The molecule has 0 N–H and O–H groups in total. The summed E-state index contributed by atoms with van der Waals surface area (Å²) >= 11 is 0. The number of rotatable bonds is 35. The molecule has 0 fully saturated rings. The molecule has 1 aromatic carbocycles. The zero-order valence-corrected chi connectivity index (χ0v) is 32.6. The highest BCUT2D eigenvalue weighted by atomic mass is 16.1. The predicted molar refractivity (Wildman–Crippen MR) is 212 cm³/mol. The van der Waals surface area contributed by atoms with E-state index in [0.717, 1.165) is 18.4 Å². The van der Waals surface area contributed by atoms with Crippen LogP contribution in [0.25, 0.3) is 0 Å². The highest BCUT2D eigenvalue weighted by Crippen LogP contribution is 2.28. The fraction of sp³-hybridized carbons (Fsp3) is 0.804. The van der Waals surface area contributed by atoms with Crippen LogP contribution in [0, 0.1) is 0 Å². The maximum absolute atomic E-state index is 13.4. The lowest BCUT2D eigenvalue weighted by Gasteiger charge is -2.19. The molecule has 47 heavy (non-hydrogen) atoms. The molecule has 0 aromatic heterocycles. The van der Waals surface area contributed by atoms with Crippen molar-refractivity contribution in [1.82, 2.24) is 0 Å². The summed E-state index contributed by atoms with van der Waals surface area (Å²) in [6, 6.07) is 4.51. The second-order valence-electron chi connectivity index (χ2n) is 15.1. The molecule has 272 valence electrons. The monoisotopic (exact) mass is 651 g/mol. The number of carbonyl (C=O) groups is 1. The summed E-state index contributed by atoms with van der Waals surface area (Å²) in [5.41, 5.74) is 6.12. The van der Waals surface area contributed by atoms with Gasteiger partial charge in [-0.1, -0.05) is 213 Å². The minimum atomic E-state index is 0.168. The average molecular weight is 651 g/mol. The fourth-order valence-corrected chi connectivity index (χ4v) is 7.40. The topological polar surface area (TPSA) is 17.1 Å². The number of Topliss-reactive ketones (excluding diaryl/α,β-unsaturated/α-hetero) is 1. The van der Waals surface area contributed by atoms with Gasteiger partial charge in [0.1, 0.15) is 0 Å². The standard InChI is InChI=1S/C46H82O/c1-6-9-12-15-18-21-24-27-30-33-36-42-39-40-45(46(47)41(4)5)44(38-35-32-29-26-23-20-17-14-11-8-3)43(42)37-34-31-28-25-22-19-16-13-10-7-2/h39-40H,4,6-38H2,1-3,5H3. The lowest BCUT2D eigenvalue weighted by molar-refractivity contribution is 0.103. The molecule has 0 aliphatic carbocycles. The zero-order valence-electron chi connectivity index (χ0n) is 32.6. The first-order valence-electron chi connectivity index (χ1n) is 21.4. The van der Waals surface area contributed by atoms with Crippen molar-refractivity contribution in [2.24, 2.45) is 0 Å². The van der Waals surface area contributed by atoms with E-state index in [4.69, 9.17) is 0 Å². The van der Waals surface area contributed by atoms with Crippen LogP contribution < -0.4 is 0 Å². The third kappa shape index (κ3) is 22.8. The normalized spacial score (nSPS) is 11.4. The van der Waals surface area contributed by atoms with Crippen LogP contribution >= 0.6 is 0 Å². The van der Waals surface area contributed by atoms with Crippen molar-refractivity contribution in [3.63, 3.8) is 0 Å². The molecule has 1 aromatic rings. The summed E-state index contributed by atoms with van der Waals surface area (Å²) in [7, 11) is 0. The van der Waals surface area contributed by atoms with E-state index in [-0.39, 0.29) is 5.78 Å². The highest BCUT2D eigenvalue weighted by Gasteiger charge is 2.18. The first-order chi connectivity index (χ1) is 23.1. The molecule has 0 radical (unpaired) electrons. The molecule has 1 rings (SSSR count). The van der Waals surface area contributed by atoms with E-state index in [1.165, 1.54) is 205 Å². The Hall–Kier alpha value is -1.37. The number of hydrogen-bond donors (Lipinski definition) is 0. The highest BCUT2D eigenvalue weighted by molar-refractivity contribution is 6.09. The summed E-state index contributed by atoms with van der Waals surface area (Å²) in [5.74, 6) is 0.168. The number of carbonyl (C=O) groups excluding carboxylic acids is 1. The molecule has 0 saturated heterocycles. The number of allylic oxidation sites excluding steroid dienone is 1. The molecule has 0 saturated carbocycles. The van der Waals surface area contributed by atoms with Gasteiger partial charge in [0.05, 0.1) is 0 Å². The van der Waals surface area contributed by atoms with Crippen molar-refractivity contribution < 1.29 is 4.79 Å². The molecular weight excluding hydrogens is 569 g/mol. The van der Waals surface area contributed by atoms with Gasteiger partial charge in [0.2, 0.25) is 0 Å². The molecule has 0 aliphatic heterocycles. The summed E-state index contributed by atoms with van der Waals surface area (Å²) in [5, 5.41) is 0. The van der Waals surface area contributed by atoms with E-state index in [1.54, 1.807) is 11.1 Å². The molecule has 0 atom stereocenters. The Kier molecular flexibility index (Phi) is 29.6. The van der Waals surface area contributed by atoms with Crippen LogP contribution in [0.1, 0.15) is 247 Å². The Morgan fingerprint density at radius 1 is 0.426 bits per heavy atom. The van der Waals surface area contributed by atoms with Crippen LogP contribution in [-0.4, -0.2) is 5.78 Å². The summed E-state index contributed by atoms with van der Waals surface area (Å²) in [4.78, 5) is 13.4. The summed E-state index contributed by atoms with van der Waals surface area (Å²) in [6.07, 6.45) is 44.4.